The number of methoxy groups -OCH3 is 1. The molecule has 0 amide bonds. The molecule has 0 spiro atoms. The Labute approximate surface area is 150 Å². The minimum Gasteiger partial charge on any atom is -0.494 e. The largest absolute Gasteiger partial charge is 0.494 e. The Morgan fingerprint density at radius 1 is 1.12 bits per heavy atom. The van der Waals surface area contributed by atoms with Crippen LogP contribution in [0.5, 0.6) is 5.75 Å². The Morgan fingerprint density at radius 2 is 1.77 bits per heavy atom. The maximum Gasteiger partial charge on any atom is 0.292 e. The molecular weight excluding hydrogens is 341 g/mol. The van der Waals surface area contributed by atoms with E-state index in [1.165, 1.54) is 25.3 Å². The number of nitro groups is 1. The minimum absolute atomic E-state index is 0.0232. The van der Waals surface area contributed by atoms with Gasteiger partial charge in [0.1, 0.15) is 17.3 Å². The first-order chi connectivity index (χ1) is 12.5. The minimum atomic E-state index is -0.411. The van der Waals surface area contributed by atoms with Gasteiger partial charge in [0.05, 0.1) is 24.3 Å². The zero-order chi connectivity index (χ0) is 18.7. The van der Waals surface area contributed by atoms with E-state index in [4.69, 9.17) is 4.74 Å². The van der Waals surface area contributed by atoms with Crippen molar-refractivity contribution in [3.05, 3.63) is 57.9 Å². The fourth-order valence-electron chi connectivity index (χ4n) is 3.18. The van der Waals surface area contributed by atoms with Crippen molar-refractivity contribution in [2.75, 3.05) is 43.1 Å². The van der Waals surface area contributed by atoms with Crippen molar-refractivity contribution in [1.29, 1.82) is 0 Å². The molecule has 0 aliphatic carbocycles. The lowest BCUT2D eigenvalue weighted by atomic mass is 10.1. The van der Waals surface area contributed by atoms with Crippen LogP contribution in [0.1, 0.15) is 5.56 Å². The predicted octanol–water partition coefficient (Wildman–Crippen LogP) is 2.56. The monoisotopic (exact) mass is 361 g/mol. The number of ether oxygens (including phenoxy) is 1. The Balaban J connectivity index is 1.80. The first-order valence-corrected chi connectivity index (χ1v) is 8.25. The maximum absolute atomic E-state index is 13.4. The molecule has 0 unspecified atom stereocenters. The summed E-state index contributed by atoms with van der Waals surface area (Å²) >= 11 is 0. The normalized spacial score (nSPS) is 14.4. The van der Waals surface area contributed by atoms with Crippen LogP contribution in [0.15, 0.2) is 36.4 Å². The third-order valence-electron chi connectivity index (χ3n) is 4.52. The van der Waals surface area contributed by atoms with E-state index in [0.29, 0.717) is 43.2 Å². The van der Waals surface area contributed by atoms with Gasteiger partial charge in [-0.1, -0.05) is 0 Å². The standard InChI is InChI=1S/C18H20FN3O4/c1-26-18-11-14(19)3-5-16(18)20-6-8-21(9-7-20)17-10-13(12-23)2-4-15(17)22(24)25/h2-5,10-11,23H,6-9,12H2,1H3. The van der Waals surface area contributed by atoms with Crippen LogP contribution < -0.4 is 14.5 Å². The molecule has 0 atom stereocenters. The van der Waals surface area contributed by atoms with Gasteiger partial charge in [0.2, 0.25) is 0 Å². The van der Waals surface area contributed by atoms with E-state index in [1.54, 1.807) is 18.2 Å². The van der Waals surface area contributed by atoms with Crippen molar-refractivity contribution in [2.24, 2.45) is 0 Å². The molecule has 3 rings (SSSR count). The molecule has 1 saturated heterocycles. The van der Waals surface area contributed by atoms with E-state index >= 15 is 0 Å². The summed E-state index contributed by atoms with van der Waals surface area (Å²) in [6.45, 7) is 2.19. The molecule has 1 fully saturated rings. The number of benzene rings is 2. The molecule has 0 aromatic heterocycles. The van der Waals surface area contributed by atoms with Gasteiger partial charge in [-0.25, -0.2) is 4.39 Å². The first-order valence-electron chi connectivity index (χ1n) is 8.25. The van der Waals surface area contributed by atoms with Crippen LogP contribution >= 0.6 is 0 Å². The van der Waals surface area contributed by atoms with Gasteiger partial charge in [-0.3, -0.25) is 10.1 Å². The molecular formula is C18H20FN3O4. The first kappa shape index (κ1) is 17.9. The smallest absolute Gasteiger partial charge is 0.292 e. The molecule has 1 heterocycles. The fourth-order valence-corrected chi connectivity index (χ4v) is 3.18. The van der Waals surface area contributed by atoms with Crippen LogP contribution in [-0.4, -0.2) is 43.3 Å². The number of hydrogen-bond donors (Lipinski definition) is 1. The summed E-state index contributed by atoms with van der Waals surface area (Å²) in [5.41, 5.74) is 1.96. The van der Waals surface area contributed by atoms with Crippen LogP contribution in [0.25, 0.3) is 0 Å². The topological polar surface area (TPSA) is 79.1 Å². The van der Waals surface area contributed by atoms with Gasteiger partial charge in [-0.2, -0.15) is 0 Å². The van der Waals surface area contributed by atoms with Crippen LogP contribution in [0.4, 0.5) is 21.5 Å². The van der Waals surface area contributed by atoms with E-state index in [1.807, 2.05) is 4.90 Å². The lowest BCUT2D eigenvalue weighted by Crippen LogP contribution is -2.46. The lowest BCUT2D eigenvalue weighted by Gasteiger charge is -2.37. The third-order valence-corrected chi connectivity index (χ3v) is 4.52. The molecule has 0 saturated carbocycles. The highest BCUT2D eigenvalue weighted by Gasteiger charge is 2.25. The fraction of sp³-hybridized carbons (Fsp3) is 0.333. The van der Waals surface area contributed by atoms with Gasteiger partial charge in [0, 0.05) is 38.3 Å². The van der Waals surface area contributed by atoms with Gasteiger partial charge in [0.25, 0.3) is 5.69 Å². The molecule has 2 aromatic carbocycles. The summed E-state index contributed by atoms with van der Waals surface area (Å²) in [5, 5.41) is 20.6. The summed E-state index contributed by atoms with van der Waals surface area (Å²) in [5.74, 6) is 0.104. The van der Waals surface area contributed by atoms with Crippen LogP contribution in [-0.2, 0) is 6.61 Å². The molecule has 0 radical (unpaired) electrons. The van der Waals surface area contributed by atoms with E-state index in [9.17, 15) is 19.6 Å². The average Bonchev–Trinajstić information content (AvgIpc) is 2.67. The number of anilines is 2. The highest BCUT2D eigenvalue weighted by Crippen LogP contribution is 2.33. The van der Waals surface area contributed by atoms with Crippen molar-refractivity contribution in [1.82, 2.24) is 0 Å². The zero-order valence-corrected chi connectivity index (χ0v) is 14.4. The summed E-state index contributed by atoms with van der Waals surface area (Å²) in [6, 6.07) is 9.06. The van der Waals surface area contributed by atoms with Gasteiger partial charge >= 0.3 is 0 Å². The zero-order valence-electron chi connectivity index (χ0n) is 14.4. The number of nitrogens with zero attached hydrogens (tertiary/aromatic N) is 3. The molecule has 2 aromatic rings. The predicted molar refractivity (Wildman–Crippen MR) is 96.4 cm³/mol. The third kappa shape index (κ3) is 3.55. The number of halogens is 1. The van der Waals surface area contributed by atoms with Crippen molar-refractivity contribution in [3.63, 3.8) is 0 Å². The molecule has 26 heavy (non-hydrogen) atoms. The molecule has 0 bridgehead atoms. The van der Waals surface area contributed by atoms with E-state index in [-0.39, 0.29) is 18.1 Å². The quantitative estimate of drug-likeness (QED) is 0.651. The maximum atomic E-state index is 13.4. The Kier molecular flexibility index (Phi) is 5.22. The number of aliphatic hydroxyl groups is 1. The number of rotatable bonds is 5. The highest BCUT2D eigenvalue weighted by atomic mass is 19.1. The molecule has 1 aliphatic rings. The summed E-state index contributed by atoms with van der Waals surface area (Å²) in [6.07, 6.45) is 0. The van der Waals surface area contributed by atoms with Gasteiger partial charge < -0.3 is 19.6 Å². The second kappa shape index (κ2) is 7.57. The van der Waals surface area contributed by atoms with Gasteiger partial charge in [-0.15, -0.1) is 0 Å². The van der Waals surface area contributed by atoms with Crippen molar-refractivity contribution < 1.29 is 19.2 Å². The Hall–Kier alpha value is -2.87. The second-order valence-corrected chi connectivity index (χ2v) is 6.03. The van der Waals surface area contributed by atoms with Gasteiger partial charge in [0.15, 0.2) is 0 Å². The Morgan fingerprint density at radius 3 is 2.35 bits per heavy atom. The average molecular weight is 361 g/mol. The SMILES string of the molecule is COc1cc(F)ccc1N1CCN(c2cc(CO)ccc2[N+](=O)[O-])CC1. The van der Waals surface area contributed by atoms with Crippen LogP contribution in [0.3, 0.4) is 0 Å². The van der Waals surface area contributed by atoms with Crippen molar-refractivity contribution >= 4 is 17.1 Å². The molecule has 1 N–H and O–H groups in total. The molecule has 1 aliphatic heterocycles. The van der Waals surface area contributed by atoms with Crippen molar-refractivity contribution in [2.45, 2.75) is 6.61 Å². The second-order valence-electron chi connectivity index (χ2n) is 6.03. The van der Waals surface area contributed by atoms with Crippen LogP contribution in [0.2, 0.25) is 0 Å². The Bertz CT molecular complexity index is 807. The summed E-state index contributed by atoms with van der Waals surface area (Å²) < 4.78 is 18.6. The number of aliphatic hydroxyl groups excluding tert-OH is 1. The molecule has 138 valence electrons. The summed E-state index contributed by atoms with van der Waals surface area (Å²) in [7, 11) is 1.50. The van der Waals surface area contributed by atoms with Gasteiger partial charge in [-0.05, 0) is 29.8 Å². The van der Waals surface area contributed by atoms with Crippen molar-refractivity contribution in [3.8, 4) is 5.75 Å². The molecule has 8 heteroatoms. The number of piperazine rings is 1. The van der Waals surface area contributed by atoms with Crippen LogP contribution in [0, 0.1) is 15.9 Å². The highest BCUT2D eigenvalue weighted by molar-refractivity contribution is 5.66. The summed E-state index contributed by atoms with van der Waals surface area (Å²) in [4.78, 5) is 14.9. The number of nitro benzene ring substituents is 1. The van der Waals surface area contributed by atoms with E-state index in [0.717, 1.165) is 5.69 Å². The number of hydrogen-bond acceptors (Lipinski definition) is 6. The van der Waals surface area contributed by atoms with E-state index in [2.05, 4.69) is 4.90 Å². The lowest BCUT2D eigenvalue weighted by molar-refractivity contribution is -0.384. The van der Waals surface area contributed by atoms with E-state index < -0.39 is 4.92 Å². The molecule has 7 nitrogen and oxygen atoms in total.